The second-order valence-corrected chi connectivity index (χ2v) is 4.50. The van der Waals surface area contributed by atoms with Gasteiger partial charge in [-0.25, -0.2) is 4.99 Å². The number of hydrogen-bond acceptors (Lipinski definition) is 4. The predicted molar refractivity (Wildman–Crippen MR) is 65.1 cm³/mol. The quantitative estimate of drug-likeness (QED) is 0.331. The molecule has 6 N–H and O–H groups in total. The van der Waals surface area contributed by atoms with Gasteiger partial charge in [-0.15, -0.1) is 0 Å². The van der Waals surface area contributed by atoms with Crippen molar-refractivity contribution in [2.75, 3.05) is 32.7 Å². The van der Waals surface area contributed by atoms with Crippen molar-refractivity contribution in [1.29, 1.82) is 0 Å². The highest BCUT2D eigenvalue weighted by atomic mass is 15.2. The van der Waals surface area contributed by atoms with E-state index in [1.165, 1.54) is 6.42 Å². The summed E-state index contributed by atoms with van der Waals surface area (Å²) in [6.45, 7) is 5.50. The Morgan fingerprint density at radius 3 is 2.50 bits per heavy atom. The van der Waals surface area contributed by atoms with Crippen LogP contribution in [-0.4, -0.2) is 55.8 Å². The largest absolute Gasteiger partial charge is 0.370 e. The molecular weight excluding hydrogens is 204 g/mol. The monoisotopic (exact) mass is 226 g/mol. The van der Waals surface area contributed by atoms with Gasteiger partial charge in [0.15, 0.2) is 5.96 Å². The smallest absolute Gasteiger partial charge is 0.187 e. The minimum absolute atomic E-state index is 0.115. The lowest BCUT2D eigenvalue weighted by Crippen LogP contribution is -2.55. The van der Waals surface area contributed by atoms with E-state index >= 15 is 0 Å². The Morgan fingerprint density at radius 1 is 1.19 bits per heavy atom. The van der Waals surface area contributed by atoms with Gasteiger partial charge in [-0.2, -0.15) is 0 Å². The summed E-state index contributed by atoms with van der Waals surface area (Å²) in [4.78, 5) is 6.70. The molecule has 6 heteroatoms. The fourth-order valence-corrected chi connectivity index (χ4v) is 2.48. The molecule has 0 aromatic carbocycles. The number of aliphatic imine (C=N–C) groups is 1. The van der Waals surface area contributed by atoms with Crippen molar-refractivity contribution < 1.29 is 0 Å². The summed E-state index contributed by atoms with van der Waals surface area (Å²) in [5.74, 6) is 0.179. The molecule has 2 fully saturated rings. The molecule has 0 aromatic heterocycles. The molecule has 0 radical (unpaired) electrons. The van der Waals surface area contributed by atoms with Crippen LogP contribution in [0.15, 0.2) is 4.99 Å². The highest BCUT2D eigenvalue weighted by Gasteiger charge is 2.25. The molecule has 0 bridgehead atoms. The van der Waals surface area contributed by atoms with Crippen LogP contribution in [0.1, 0.15) is 12.8 Å². The molecule has 0 saturated carbocycles. The minimum Gasteiger partial charge on any atom is -0.370 e. The van der Waals surface area contributed by atoms with Crippen LogP contribution in [0.2, 0.25) is 0 Å². The number of hydrogen-bond donors (Lipinski definition) is 4. The SMILES string of the molecule is NC(N)=NC1CCC(N2CCNCC2)CN1. The van der Waals surface area contributed by atoms with E-state index in [0.717, 1.165) is 39.1 Å². The Hall–Kier alpha value is -0.850. The number of guanidine groups is 1. The van der Waals surface area contributed by atoms with E-state index in [1.54, 1.807) is 0 Å². The minimum atomic E-state index is 0.115. The van der Waals surface area contributed by atoms with Gasteiger partial charge >= 0.3 is 0 Å². The molecule has 2 saturated heterocycles. The van der Waals surface area contributed by atoms with Crippen LogP contribution in [0.5, 0.6) is 0 Å². The van der Waals surface area contributed by atoms with Crippen LogP contribution in [0, 0.1) is 0 Å². The Bertz CT molecular complexity index is 236. The van der Waals surface area contributed by atoms with Gasteiger partial charge in [-0.05, 0) is 12.8 Å². The van der Waals surface area contributed by atoms with Crippen LogP contribution in [0.4, 0.5) is 0 Å². The lowest BCUT2D eigenvalue weighted by Gasteiger charge is -2.38. The van der Waals surface area contributed by atoms with Gasteiger partial charge in [0, 0.05) is 38.8 Å². The van der Waals surface area contributed by atoms with Gasteiger partial charge in [0.05, 0.1) is 0 Å². The third-order valence-electron chi connectivity index (χ3n) is 3.34. The van der Waals surface area contributed by atoms with E-state index in [-0.39, 0.29) is 12.1 Å². The van der Waals surface area contributed by atoms with Gasteiger partial charge in [0.1, 0.15) is 6.17 Å². The topological polar surface area (TPSA) is 91.7 Å². The zero-order valence-corrected chi connectivity index (χ0v) is 9.65. The zero-order chi connectivity index (χ0) is 11.4. The number of piperazine rings is 1. The van der Waals surface area contributed by atoms with E-state index in [0.29, 0.717) is 6.04 Å². The zero-order valence-electron chi connectivity index (χ0n) is 9.65. The summed E-state index contributed by atoms with van der Waals surface area (Å²) < 4.78 is 0. The Balaban J connectivity index is 1.78. The summed E-state index contributed by atoms with van der Waals surface area (Å²) in [5, 5.41) is 6.76. The molecule has 2 atom stereocenters. The first-order valence-electron chi connectivity index (χ1n) is 6.02. The van der Waals surface area contributed by atoms with E-state index in [9.17, 15) is 0 Å². The van der Waals surface area contributed by atoms with Crippen LogP contribution in [0.3, 0.4) is 0 Å². The molecule has 2 heterocycles. The Kier molecular flexibility index (Phi) is 3.98. The van der Waals surface area contributed by atoms with Gasteiger partial charge in [-0.1, -0.05) is 0 Å². The maximum atomic E-state index is 5.37. The number of piperidine rings is 1. The molecule has 16 heavy (non-hydrogen) atoms. The summed E-state index contributed by atoms with van der Waals surface area (Å²) in [6.07, 6.45) is 2.31. The average Bonchev–Trinajstić information content (AvgIpc) is 2.30. The summed E-state index contributed by atoms with van der Waals surface area (Å²) in [5.41, 5.74) is 10.7. The first-order chi connectivity index (χ1) is 7.75. The normalized spacial score (nSPS) is 32.2. The van der Waals surface area contributed by atoms with Crippen molar-refractivity contribution in [3.63, 3.8) is 0 Å². The lowest BCUT2D eigenvalue weighted by atomic mass is 10.0. The molecule has 92 valence electrons. The maximum Gasteiger partial charge on any atom is 0.187 e. The van der Waals surface area contributed by atoms with E-state index < -0.39 is 0 Å². The highest BCUT2D eigenvalue weighted by molar-refractivity contribution is 5.75. The predicted octanol–water partition coefficient (Wildman–Crippen LogP) is -1.76. The first-order valence-corrected chi connectivity index (χ1v) is 6.02. The third kappa shape index (κ3) is 3.07. The molecule has 2 aliphatic heterocycles. The third-order valence-corrected chi connectivity index (χ3v) is 3.34. The average molecular weight is 226 g/mol. The van der Waals surface area contributed by atoms with Crippen LogP contribution < -0.4 is 22.1 Å². The Morgan fingerprint density at radius 2 is 1.94 bits per heavy atom. The van der Waals surface area contributed by atoms with Crippen LogP contribution in [0.25, 0.3) is 0 Å². The van der Waals surface area contributed by atoms with Gasteiger partial charge in [0.25, 0.3) is 0 Å². The summed E-state index contributed by atoms with van der Waals surface area (Å²) in [6, 6.07) is 0.646. The van der Waals surface area contributed by atoms with Crippen molar-refractivity contribution in [2.24, 2.45) is 16.5 Å². The second kappa shape index (κ2) is 5.47. The maximum absolute atomic E-state index is 5.37. The number of nitrogens with one attached hydrogen (secondary N) is 2. The van der Waals surface area contributed by atoms with Crippen LogP contribution in [-0.2, 0) is 0 Å². The van der Waals surface area contributed by atoms with Crippen molar-refractivity contribution in [2.45, 2.75) is 25.0 Å². The summed E-state index contributed by atoms with van der Waals surface area (Å²) >= 11 is 0. The van der Waals surface area contributed by atoms with E-state index in [1.807, 2.05) is 0 Å². The number of nitrogens with two attached hydrogens (primary N) is 2. The molecule has 6 nitrogen and oxygen atoms in total. The number of rotatable bonds is 2. The Labute approximate surface area is 96.4 Å². The molecule has 0 spiro atoms. The van der Waals surface area contributed by atoms with Gasteiger partial charge in [0.2, 0.25) is 0 Å². The molecule has 2 rings (SSSR count). The van der Waals surface area contributed by atoms with Crippen molar-refractivity contribution in [3.05, 3.63) is 0 Å². The molecule has 0 aliphatic carbocycles. The van der Waals surface area contributed by atoms with Crippen molar-refractivity contribution in [3.8, 4) is 0 Å². The fourth-order valence-electron chi connectivity index (χ4n) is 2.48. The summed E-state index contributed by atoms with van der Waals surface area (Å²) in [7, 11) is 0. The number of nitrogens with zero attached hydrogens (tertiary/aromatic N) is 2. The lowest BCUT2D eigenvalue weighted by molar-refractivity contribution is 0.136. The molecule has 2 aliphatic rings. The molecule has 0 amide bonds. The standard InChI is InChI=1S/C10H22N6/c11-10(12)15-9-2-1-8(7-14-9)16-5-3-13-4-6-16/h8-9,13-14H,1-7H2,(H4,11,12,15). The van der Waals surface area contributed by atoms with Crippen molar-refractivity contribution in [1.82, 2.24) is 15.5 Å². The molecular formula is C10H22N6. The molecule has 2 unspecified atom stereocenters. The fraction of sp³-hybridized carbons (Fsp3) is 0.900. The first kappa shape index (κ1) is 11.6. The van der Waals surface area contributed by atoms with E-state index in [2.05, 4.69) is 20.5 Å². The van der Waals surface area contributed by atoms with Crippen molar-refractivity contribution >= 4 is 5.96 Å². The van der Waals surface area contributed by atoms with Crippen LogP contribution >= 0.6 is 0 Å². The molecule has 0 aromatic rings. The van der Waals surface area contributed by atoms with E-state index in [4.69, 9.17) is 11.5 Å². The second-order valence-electron chi connectivity index (χ2n) is 4.50. The van der Waals surface area contributed by atoms with Gasteiger partial charge < -0.3 is 16.8 Å². The highest BCUT2D eigenvalue weighted by Crippen LogP contribution is 2.15. The van der Waals surface area contributed by atoms with Gasteiger partial charge in [-0.3, -0.25) is 10.2 Å².